The van der Waals surface area contributed by atoms with E-state index in [9.17, 15) is 9.59 Å². The number of imide groups is 1. The van der Waals surface area contributed by atoms with Crippen LogP contribution in [0.3, 0.4) is 0 Å². The Morgan fingerprint density at radius 3 is 2.35 bits per heavy atom. The van der Waals surface area contributed by atoms with Crippen LogP contribution in [0.5, 0.6) is 0 Å². The topological polar surface area (TPSA) is 61.9 Å². The number of methoxy groups -OCH3 is 1. The van der Waals surface area contributed by atoms with E-state index in [1.165, 1.54) is 4.90 Å². The fourth-order valence-electron chi connectivity index (χ4n) is 8.46. The van der Waals surface area contributed by atoms with Gasteiger partial charge in [-0.15, -0.1) is 0 Å². The lowest BCUT2D eigenvalue weighted by atomic mass is 9.60. The maximum atomic E-state index is 14.8. The summed E-state index contributed by atoms with van der Waals surface area (Å²) in [5.74, 6) is -1.07. The van der Waals surface area contributed by atoms with Gasteiger partial charge in [0.1, 0.15) is 5.54 Å². The summed E-state index contributed by atoms with van der Waals surface area (Å²) in [6, 6.07) is 8.50. The normalized spacial score (nSPS) is 39.2. The zero-order valence-corrected chi connectivity index (χ0v) is 23.5. The fraction of sp³-hybridized carbons (Fsp3) is 0.481. The molecule has 1 N–H and O–H groups in total. The van der Waals surface area contributed by atoms with Gasteiger partial charge in [0.05, 0.1) is 27.7 Å². The molecule has 7 atom stereocenters. The van der Waals surface area contributed by atoms with Gasteiger partial charge in [-0.25, -0.2) is 4.90 Å². The molecule has 194 valence electrons. The smallest absolute Gasteiger partial charge is 0.243 e. The second-order valence-electron chi connectivity index (χ2n) is 11.3. The van der Waals surface area contributed by atoms with Crippen LogP contribution in [0.25, 0.3) is 0 Å². The van der Waals surface area contributed by atoms with Crippen molar-refractivity contribution in [2.45, 2.75) is 57.0 Å². The lowest BCUT2D eigenvalue weighted by Crippen LogP contribution is -2.62. The largest absolute Gasteiger partial charge is 0.359 e. The first kappa shape index (κ1) is 24.5. The van der Waals surface area contributed by atoms with E-state index in [1.807, 2.05) is 13.0 Å². The summed E-state index contributed by atoms with van der Waals surface area (Å²) < 4.78 is 6.15. The molecule has 0 bridgehead atoms. The number of ether oxygens (including phenoxy) is 1. The average Bonchev–Trinajstić information content (AvgIpc) is 3.06. The Morgan fingerprint density at radius 2 is 1.70 bits per heavy atom. The van der Waals surface area contributed by atoms with Gasteiger partial charge in [0, 0.05) is 39.8 Å². The van der Waals surface area contributed by atoms with Crippen LogP contribution in [0.2, 0.25) is 20.1 Å². The number of hydrogen-bond acceptors (Lipinski definition) is 5. The van der Waals surface area contributed by atoms with E-state index in [0.29, 0.717) is 37.9 Å². The van der Waals surface area contributed by atoms with Crippen LogP contribution in [0, 0.1) is 16.7 Å². The number of carbonyl (C=O) groups excluding carboxylic acids is 2. The number of rotatable bonds is 3. The van der Waals surface area contributed by atoms with Gasteiger partial charge < -0.3 is 10.1 Å². The Kier molecular flexibility index (Phi) is 5.00. The molecule has 0 aromatic heterocycles. The van der Waals surface area contributed by atoms with Crippen molar-refractivity contribution in [3.8, 4) is 0 Å². The molecule has 2 aromatic rings. The standard InChI is InChI=1S/C27H25Cl4N3O3/c1-4-26-20(22(35)33(24(26)36)15-6-12(28)5-13(29)7-15)18-10-25(2)11-19(25)34(18)27(26)16-8-14(30)9-17(31)21(16)32-23(27)37-3/h5-9,18-20,23,32H,4,10-11H2,1-3H3/t18?,19?,20?,23?,25-,26?,27?/m1/s1. The summed E-state index contributed by atoms with van der Waals surface area (Å²) in [5.41, 5.74) is -0.135. The molecular weight excluding hydrogens is 556 g/mol. The highest BCUT2D eigenvalue weighted by Crippen LogP contribution is 2.77. The first-order valence-corrected chi connectivity index (χ1v) is 14.0. The first-order valence-electron chi connectivity index (χ1n) is 12.5. The molecule has 1 saturated carbocycles. The second-order valence-corrected chi connectivity index (χ2v) is 13.0. The Morgan fingerprint density at radius 1 is 1.03 bits per heavy atom. The van der Waals surface area contributed by atoms with E-state index >= 15 is 0 Å². The van der Waals surface area contributed by atoms with E-state index in [-0.39, 0.29) is 29.3 Å². The molecule has 7 rings (SSSR count). The van der Waals surface area contributed by atoms with Crippen LogP contribution >= 0.6 is 46.4 Å². The third kappa shape index (κ3) is 2.68. The zero-order valence-electron chi connectivity index (χ0n) is 20.4. The van der Waals surface area contributed by atoms with Crippen molar-refractivity contribution in [2.24, 2.45) is 16.7 Å². The van der Waals surface area contributed by atoms with Gasteiger partial charge in [-0.3, -0.25) is 14.5 Å². The Bertz CT molecular complexity index is 1400. The highest BCUT2D eigenvalue weighted by Gasteiger charge is 2.86. The number of nitrogens with zero attached hydrogens (tertiary/aromatic N) is 2. The maximum Gasteiger partial charge on any atom is 0.243 e. The average molecular weight is 581 g/mol. The van der Waals surface area contributed by atoms with Crippen molar-refractivity contribution in [2.75, 3.05) is 17.3 Å². The molecule has 3 saturated heterocycles. The number of halogens is 4. The number of piperidine rings is 1. The predicted molar refractivity (Wildman–Crippen MR) is 144 cm³/mol. The first-order chi connectivity index (χ1) is 17.5. The van der Waals surface area contributed by atoms with Crippen molar-refractivity contribution in [1.29, 1.82) is 0 Å². The molecule has 4 fully saturated rings. The highest BCUT2D eigenvalue weighted by atomic mass is 35.5. The molecule has 6 unspecified atom stereocenters. The minimum absolute atomic E-state index is 0.0804. The lowest BCUT2D eigenvalue weighted by molar-refractivity contribution is -0.142. The molecule has 1 aliphatic carbocycles. The predicted octanol–water partition coefficient (Wildman–Crippen LogP) is 6.35. The Hall–Kier alpha value is -1.54. The molecule has 2 amide bonds. The molecular formula is C27H25Cl4N3O3. The zero-order chi connectivity index (χ0) is 26.2. The summed E-state index contributed by atoms with van der Waals surface area (Å²) in [4.78, 5) is 33.0. The van der Waals surface area contributed by atoms with Gasteiger partial charge in [0.2, 0.25) is 11.8 Å². The van der Waals surface area contributed by atoms with Gasteiger partial charge in [-0.05, 0) is 55.0 Å². The van der Waals surface area contributed by atoms with Crippen molar-refractivity contribution >= 4 is 69.6 Å². The van der Waals surface area contributed by atoms with Crippen molar-refractivity contribution in [3.05, 3.63) is 56.0 Å². The van der Waals surface area contributed by atoms with Crippen LogP contribution < -0.4 is 10.2 Å². The Labute approximate surface area is 235 Å². The van der Waals surface area contributed by atoms with E-state index < -0.39 is 23.1 Å². The van der Waals surface area contributed by atoms with Crippen molar-refractivity contribution < 1.29 is 14.3 Å². The molecule has 4 heterocycles. The van der Waals surface area contributed by atoms with E-state index in [0.717, 1.165) is 18.4 Å². The minimum atomic E-state index is -1.12. The molecule has 1 spiro atoms. The maximum absolute atomic E-state index is 14.8. The second kappa shape index (κ2) is 7.56. The summed E-state index contributed by atoms with van der Waals surface area (Å²) >= 11 is 25.9. The SMILES string of the molecule is CCC12C(=O)N(c3cc(Cl)cc(Cl)c3)C(=O)C1C1C[C@]3(C)CC3N1C21c2cc(Cl)cc(Cl)c2NC1OC. The van der Waals surface area contributed by atoms with Crippen molar-refractivity contribution in [1.82, 2.24) is 4.90 Å². The van der Waals surface area contributed by atoms with E-state index in [1.54, 1.807) is 31.4 Å². The lowest BCUT2D eigenvalue weighted by Gasteiger charge is -2.49. The quantitative estimate of drug-likeness (QED) is 0.429. The van der Waals surface area contributed by atoms with Gasteiger partial charge in [0.25, 0.3) is 0 Å². The number of nitrogens with one attached hydrogen (secondary N) is 1. The molecule has 2 aromatic carbocycles. The highest BCUT2D eigenvalue weighted by molar-refractivity contribution is 6.37. The number of carbonyl (C=O) groups is 2. The van der Waals surface area contributed by atoms with Crippen molar-refractivity contribution in [3.63, 3.8) is 0 Å². The Balaban J connectivity index is 1.54. The molecule has 6 nitrogen and oxygen atoms in total. The molecule has 37 heavy (non-hydrogen) atoms. The third-order valence-corrected chi connectivity index (χ3v) is 10.7. The van der Waals surface area contributed by atoms with Gasteiger partial charge >= 0.3 is 0 Å². The minimum Gasteiger partial charge on any atom is -0.359 e. The molecule has 4 aliphatic heterocycles. The number of benzene rings is 2. The van der Waals surface area contributed by atoms with E-state index in [4.69, 9.17) is 51.1 Å². The molecule has 0 radical (unpaired) electrons. The fourth-order valence-corrected chi connectivity index (χ4v) is 9.53. The van der Waals surface area contributed by atoms with Gasteiger partial charge in [0.15, 0.2) is 6.23 Å². The molecule has 5 aliphatic rings. The summed E-state index contributed by atoms with van der Waals surface area (Å²) in [6.07, 6.45) is 1.64. The van der Waals surface area contributed by atoms with Gasteiger partial charge in [-0.2, -0.15) is 0 Å². The number of amides is 2. The van der Waals surface area contributed by atoms with Gasteiger partial charge in [-0.1, -0.05) is 60.3 Å². The summed E-state index contributed by atoms with van der Waals surface area (Å²) in [6.45, 7) is 4.25. The monoisotopic (exact) mass is 579 g/mol. The van der Waals surface area contributed by atoms with Crippen LogP contribution in [0.4, 0.5) is 11.4 Å². The van der Waals surface area contributed by atoms with Crippen LogP contribution in [0.15, 0.2) is 30.3 Å². The number of fused-ring (bicyclic) bond motifs is 9. The van der Waals surface area contributed by atoms with E-state index in [2.05, 4.69) is 17.1 Å². The molecule has 10 heteroatoms. The number of hydrogen-bond donors (Lipinski definition) is 1. The van der Waals surface area contributed by atoms with Crippen LogP contribution in [0.1, 0.15) is 38.7 Å². The van der Waals surface area contributed by atoms with Crippen LogP contribution in [-0.2, 0) is 19.9 Å². The number of anilines is 2. The summed E-state index contributed by atoms with van der Waals surface area (Å²) in [7, 11) is 1.63. The van der Waals surface area contributed by atoms with Crippen LogP contribution in [-0.4, -0.2) is 42.1 Å². The summed E-state index contributed by atoms with van der Waals surface area (Å²) in [5, 5.41) is 5.13. The third-order valence-electron chi connectivity index (χ3n) is 9.77.